The number of fused-ring (bicyclic) bond motifs is 2. The fraction of sp³-hybridized carbons (Fsp3) is 0.412. The maximum absolute atomic E-state index is 9.19. The number of benzene rings is 1. The predicted octanol–water partition coefficient (Wildman–Crippen LogP) is 2.99. The first-order valence-electron chi connectivity index (χ1n) is 7.23. The molecule has 3 nitrogen and oxygen atoms in total. The predicted molar refractivity (Wildman–Crippen MR) is 80.5 cm³/mol. The van der Waals surface area contributed by atoms with Crippen LogP contribution in [-0.2, 0) is 19.4 Å². The number of aryl methyl sites for hydroxylation is 1. The van der Waals surface area contributed by atoms with E-state index in [1.165, 1.54) is 22.4 Å². The van der Waals surface area contributed by atoms with Crippen molar-refractivity contribution in [3.63, 3.8) is 0 Å². The van der Waals surface area contributed by atoms with Crippen LogP contribution in [0.5, 0.6) is 0 Å². The van der Waals surface area contributed by atoms with Gasteiger partial charge in [0.25, 0.3) is 0 Å². The van der Waals surface area contributed by atoms with E-state index in [2.05, 4.69) is 43.0 Å². The monoisotopic (exact) mass is 265 g/mol. The molecule has 0 unspecified atom stereocenters. The van der Waals surface area contributed by atoms with Gasteiger partial charge in [-0.2, -0.15) is 5.26 Å². The molecule has 3 rings (SSSR count). The van der Waals surface area contributed by atoms with Crippen LogP contribution < -0.4 is 0 Å². The molecule has 0 radical (unpaired) electrons. The summed E-state index contributed by atoms with van der Waals surface area (Å²) in [6.07, 6.45) is 1.47. The van der Waals surface area contributed by atoms with Crippen molar-refractivity contribution in [2.24, 2.45) is 0 Å². The third kappa shape index (κ3) is 2.07. The zero-order valence-electron chi connectivity index (χ0n) is 12.1. The van der Waals surface area contributed by atoms with Gasteiger partial charge in [-0.25, -0.2) is 0 Å². The third-order valence-electron chi connectivity index (χ3n) is 4.27. The van der Waals surface area contributed by atoms with E-state index in [9.17, 15) is 5.26 Å². The molecule has 0 N–H and O–H groups in total. The Balaban J connectivity index is 2.27. The van der Waals surface area contributed by atoms with Crippen LogP contribution >= 0.6 is 0 Å². The lowest BCUT2D eigenvalue weighted by atomic mass is 9.93. The van der Waals surface area contributed by atoms with Crippen LogP contribution in [0.25, 0.3) is 10.9 Å². The normalized spacial score (nSPS) is 15.1. The van der Waals surface area contributed by atoms with E-state index in [4.69, 9.17) is 4.98 Å². The summed E-state index contributed by atoms with van der Waals surface area (Å²) >= 11 is 0. The summed E-state index contributed by atoms with van der Waals surface area (Å²) < 4.78 is 0. The second-order valence-electron chi connectivity index (χ2n) is 5.44. The first-order valence-corrected chi connectivity index (χ1v) is 7.23. The van der Waals surface area contributed by atoms with Gasteiger partial charge < -0.3 is 0 Å². The van der Waals surface area contributed by atoms with Gasteiger partial charge in [-0.05, 0) is 30.2 Å². The second kappa shape index (κ2) is 5.22. The molecule has 0 aliphatic carbocycles. The van der Waals surface area contributed by atoms with Crippen LogP contribution in [0.2, 0.25) is 0 Å². The van der Waals surface area contributed by atoms with Gasteiger partial charge in [-0.15, -0.1) is 0 Å². The van der Waals surface area contributed by atoms with E-state index >= 15 is 0 Å². The maximum Gasteiger partial charge on any atom is 0.0737 e. The summed E-state index contributed by atoms with van der Waals surface area (Å²) in [5.74, 6) is 0. The zero-order valence-corrected chi connectivity index (χ0v) is 12.1. The average Bonchev–Trinajstić information content (AvgIpc) is 2.48. The standard InChI is InChI=1S/C17H19N3/c1-3-20-10-8-16-15(11-20)13(7-9-18)14-6-4-5-12(2)17(14)19-16/h4-6H,3,7-8,10-11H2,1-2H3. The van der Waals surface area contributed by atoms with Crippen LogP contribution in [0.3, 0.4) is 0 Å². The van der Waals surface area contributed by atoms with Gasteiger partial charge in [0, 0.05) is 30.6 Å². The number of para-hydroxylation sites is 1. The van der Waals surface area contributed by atoms with Gasteiger partial charge in [-0.3, -0.25) is 9.88 Å². The Kier molecular flexibility index (Phi) is 3.42. The quantitative estimate of drug-likeness (QED) is 0.838. The van der Waals surface area contributed by atoms with E-state index < -0.39 is 0 Å². The van der Waals surface area contributed by atoms with Gasteiger partial charge >= 0.3 is 0 Å². The minimum Gasteiger partial charge on any atom is -0.299 e. The van der Waals surface area contributed by atoms with Crippen LogP contribution in [0.15, 0.2) is 18.2 Å². The van der Waals surface area contributed by atoms with E-state index in [0.29, 0.717) is 6.42 Å². The molecule has 0 spiro atoms. The number of hydrogen-bond donors (Lipinski definition) is 0. The molecule has 1 aliphatic heterocycles. The Hall–Kier alpha value is -1.92. The minimum atomic E-state index is 0.475. The molecule has 3 heteroatoms. The highest BCUT2D eigenvalue weighted by Gasteiger charge is 2.21. The molecule has 1 aromatic heterocycles. The molecule has 2 aromatic rings. The minimum absolute atomic E-state index is 0.475. The molecule has 0 saturated carbocycles. The van der Waals surface area contributed by atoms with Crippen LogP contribution in [0.1, 0.15) is 29.3 Å². The van der Waals surface area contributed by atoms with Gasteiger partial charge in [0.2, 0.25) is 0 Å². The summed E-state index contributed by atoms with van der Waals surface area (Å²) in [4.78, 5) is 7.31. The van der Waals surface area contributed by atoms with Crippen LogP contribution in [-0.4, -0.2) is 23.0 Å². The van der Waals surface area contributed by atoms with Crippen molar-refractivity contribution >= 4 is 10.9 Å². The van der Waals surface area contributed by atoms with Crippen molar-refractivity contribution < 1.29 is 0 Å². The van der Waals surface area contributed by atoms with Gasteiger partial charge in [0.1, 0.15) is 0 Å². The maximum atomic E-state index is 9.19. The first kappa shape index (κ1) is 13.1. The number of hydrogen-bond acceptors (Lipinski definition) is 3. The van der Waals surface area contributed by atoms with Gasteiger partial charge in [-0.1, -0.05) is 25.1 Å². The summed E-state index contributed by atoms with van der Waals surface area (Å²) in [7, 11) is 0. The highest BCUT2D eigenvalue weighted by Crippen LogP contribution is 2.29. The lowest BCUT2D eigenvalue weighted by Crippen LogP contribution is -2.31. The van der Waals surface area contributed by atoms with E-state index in [1.54, 1.807) is 0 Å². The second-order valence-corrected chi connectivity index (χ2v) is 5.44. The Labute approximate surface area is 119 Å². The summed E-state index contributed by atoms with van der Waals surface area (Å²) in [5, 5.41) is 10.3. The largest absolute Gasteiger partial charge is 0.299 e. The molecular weight excluding hydrogens is 246 g/mol. The number of aromatic nitrogens is 1. The summed E-state index contributed by atoms with van der Waals surface area (Å²) in [6, 6.07) is 8.60. The lowest BCUT2D eigenvalue weighted by molar-refractivity contribution is 0.265. The molecule has 1 aliphatic rings. The molecule has 0 bridgehead atoms. The smallest absolute Gasteiger partial charge is 0.0737 e. The highest BCUT2D eigenvalue weighted by atomic mass is 15.1. The average molecular weight is 265 g/mol. The molecule has 0 atom stereocenters. The first-order chi connectivity index (χ1) is 9.74. The molecule has 1 aromatic carbocycles. The third-order valence-corrected chi connectivity index (χ3v) is 4.27. The van der Waals surface area contributed by atoms with Crippen molar-refractivity contribution in [2.75, 3.05) is 13.1 Å². The molecule has 0 saturated heterocycles. The number of rotatable bonds is 2. The SMILES string of the molecule is CCN1CCc2nc3c(C)cccc3c(CC#N)c2C1. The molecule has 20 heavy (non-hydrogen) atoms. The van der Waals surface area contributed by atoms with Crippen molar-refractivity contribution in [2.45, 2.75) is 33.2 Å². The van der Waals surface area contributed by atoms with E-state index in [-0.39, 0.29) is 0 Å². The fourth-order valence-electron chi connectivity index (χ4n) is 3.10. The van der Waals surface area contributed by atoms with Crippen molar-refractivity contribution in [1.82, 2.24) is 9.88 Å². The number of pyridine rings is 1. The summed E-state index contributed by atoms with van der Waals surface area (Å²) in [6.45, 7) is 7.34. The van der Waals surface area contributed by atoms with E-state index in [0.717, 1.165) is 37.0 Å². The molecule has 0 fully saturated rings. The Morgan fingerprint density at radius 3 is 3.00 bits per heavy atom. The van der Waals surface area contributed by atoms with Gasteiger partial charge in [0.15, 0.2) is 0 Å². The lowest BCUT2D eigenvalue weighted by Gasteiger charge is -2.29. The van der Waals surface area contributed by atoms with Crippen LogP contribution in [0, 0.1) is 18.3 Å². The molecular formula is C17H19N3. The molecule has 102 valence electrons. The van der Waals surface area contributed by atoms with Crippen molar-refractivity contribution in [3.8, 4) is 6.07 Å². The number of nitrogens with zero attached hydrogens (tertiary/aromatic N) is 3. The topological polar surface area (TPSA) is 39.9 Å². The number of nitriles is 1. The molecule has 0 amide bonds. The number of likely N-dealkylation sites (N-methyl/N-ethyl adjacent to an activating group) is 1. The van der Waals surface area contributed by atoms with Crippen LogP contribution in [0.4, 0.5) is 0 Å². The zero-order chi connectivity index (χ0) is 14.1. The Bertz CT molecular complexity index is 697. The Morgan fingerprint density at radius 1 is 1.40 bits per heavy atom. The van der Waals surface area contributed by atoms with Gasteiger partial charge in [0.05, 0.1) is 18.0 Å². The Morgan fingerprint density at radius 2 is 2.25 bits per heavy atom. The van der Waals surface area contributed by atoms with Crippen molar-refractivity contribution in [1.29, 1.82) is 5.26 Å². The highest BCUT2D eigenvalue weighted by molar-refractivity contribution is 5.86. The van der Waals surface area contributed by atoms with E-state index in [1.807, 2.05) is 0 Å². The van der Waals surface area contributed by atoms with Crippen molar-refractivity contribution in [3.05, 3.63) is 40.6 Å². The molecule has 2 heterocycles. The fourth-order valence-corrected chi connectivity index (χ4v) is 3.10. The summed E-state index contributed by atoms with van der Waals surface area (Å²) in [5.41, 5.74) is 5.94.